The van der Waals surface area contributed by atoms with Crippen molar-refractivity contribution in [3.8, 4) is 0 Å². The molecule has 0 amide bonds. The van der Waals surface area contributed by atoms with Gasteiger partial charge in [-0.15, -0.1) is 0 Å². The van der Waals surface area contributed by atoms with E-state index in [4.69, 9.17) is 15.0 Å². The Balaban J connectivity index is 0. The first kappa shape index (κ1) is 35.5. The topological polar surface area (TPSA) is 105 Å². The number of hydrogen-bond acceptors (Lipinski definition) is 5. The number of rotatable bonds is 25. The van der Waals surface area contributed by atoms with Gasteiger partial charge in [-0.25, -0.2) is 0 Å². The molecule has 0 aromatic heterocycles. The Morgan fingerprint density at radius 3 is 1.12 bits per heavy atom. The zero-order chi connectivity index (χ0) is 25.7. The molecule has 0 spiro atoms. The molecule has 0 aromatic carbocycles. The fourth-order valence-corrected chi connectivity index (χ4v) is 4.31. The summed E-state index contributed by atoms with van der Waals surface area (Å²) >= 11 is 0. The zero-order valence-electron chi connectivity index (χ0n) is 22.7. The summed E-state index contributed by atoms with van der Waals surface area (Å²) < 4.78 is 0. The van der Waals surface area contributed by atoms with Gasteiger partial charge in [-0.2, -0.15) is 0 Å². The van der Waals surface area contributed by atoms with Crippen LogP contribution in [0.15, 0.2) is 0 Å². The van der Waals surface area contributed by atoms with Crippen LogP contribution in [-0.4, -0.2) is 53.8 Å². The Kier molecular flexibility index (Phi) is 31.7. The van der Waals surface area contributed by atoms with Crippen molar-refractivity contribution in [3.63, 3.8) is 0 Å². The van der Waals surface area contributed by atoms with Gasteiger partial charge in [-0.1, -0.05) is 117 Å². The van der Waals surface area contributed by atoms with Crippen LogP contribution in [0.25, 0.3) is 0 Å². The van der Waals surface area contributed by atoms with Gasteiger partial charge in [0.05, 0.1) is 25.7 Å². The molecule has 4 N–H and O–H groups in total. The normalized spacial score (nSPS) is 11.1. The maximum atomic E-state index is 9.38. The molecule has 34 heavy (non-hydrogen) atoms. The molecule has 0 fully saturated rings. The van der Waals surface area contributed by atoms with Gasteiger partial charge >= 0.3 is 0 Å². The highest BCUT2D eigenvalue weighted by Gasteiger charge is 2.12. The molecule has 0 aliphatic heterocycles. The lowest BCUT2D eigenvalue weighted by Crippen LogP contribution is -3.13. The zero-order valence-corrected chi connectivity index (χ0v) is 22.7. The van der Waals surface area contributed by atoms with Gasteiger partial charge in [0, 0.05) is 0 Å². The van der Waals surface area contributed by atoms with Gasteiger partial charge in [-0.3, -0.25) is 0 Å². The third-order valence-corrected chi connectivity index (χ3v) is 6.37. The van der Waals surface area contributed by atoms with Crippen LogP contribution < -0.4 is 10.0 Å². The first-order valence-corrected chi connectivity index (χ1v) is 14.5. The van der Waals surface area contributed by atoms with E-state index in [-0.39, 0.29) is 0 Å². The van der Waals surface area contributed by atoms with Gasteiger partial charge in [0.2, 0.25) is 6.29 Å². The molecule has 206 valence electrons. The van der Waals surface area contributed by atoms with E-state index < -0.39 is 18.9 Å². The lowest BCUT2D eigenvalue weighted by Gasteiger charge is -2.20. The van der Waals surface area contributed by atoms with Crippen molar-refractivity contribution in [1.82, 2.24) is 0 Å². The standard InChI is InChI=1S/C26H55NO2.C2H4O3/c1-3-5-7-9-11-13-15-17-19-21-23-27(25-26(28)29)24-22-20-18-16-14-12-10-8-6-4-2;3-1-2(4)5/h26,28-29H,3-25H2,1-2H3;3H,1H2,(H,4,5). The van der Waals surface area contributed by atoms with Crippen LogP contribution >= 0.6 is 0 Å². The summed E-state index contributed by atoms with van der Waals surface area (Å²) in [5.74, 6) is -1.44. The van der Waals surface area contributed by atoms with Gasteiger partial charge in [0.15, 0.2) is 0 Å². The number of carbonyl (C=O) groups is 1. The van der Waals surface area contributed by atoms with Crippen molar-refractivity contribution in [2.24, 2.45) is 0 Å². The number of nitrogens with one attached hydrogen (secondary N) is 1. The number of carboxylic acid groups (broad SMARTS) is 1. The van der Waals surface area contributed by atoms with Crippen LogP contribution in [0.5, 0.6) is 0 Å². The molecule has 0 heterocycles. The van der Waals surface area contributed by atoms with Crippen LogP contribution in [0.1, 0.15) is 142 Å². The highest BCUT2D eigenvalue weighted by atomic mass is 16.5. The summed E-state index contributed by atoms with van der Waals surface area (Å²) in [6.07, 6.45) is 26.1. The number of aliphatic hydroxyl groups is 3. The molecule has 0 aromatic rings. The van der Waals surface area contributed by atoms with Gasteiger partial charge < -0.3 is 30.1 Å². The Hall–Kier alpha value is -0.690. The molecule has 0 rings (SSSR count). The molecule has 0 aliphatic carbocycles. The number of carbonyl (C=O) groups excluding carboxylic acids is 1. The Morgan fingerprint density at radius 2 is 0.882 bits per heavy atom. The molecule has 0 saturated heterocycles. The van der Waals surface area contributed by atoms with Crippen molar-refractivity contribution >= 4 is 5.97 Å². The number of unbranched alkanes of at least 4 members (excludes halogenated alkanes) is 18. The third-order valence-electron chi connectivity index (χ3n) is 6.37. The quantitative estimate of drug-likeness (QED) is 0.115. The Labute approximate surface area is 211 Å². The maximum absolute atomic E-state index is 9.38. The number of carboxylic acids is 1. The fourth-order valence-electron chi connectivity index (χ4n) is 4.31. The largest absolute Gasteiger partial charge is 0.548 e. The summed E-state index contributed by atoms with van der Waals surface area (Å²) in [4.78, 5) is 10.4. The number of quaternary nitrogens is 1. The maximum Gasteiger partial charge on any atom is 0.202 e. The second-order valence-electron chi connectivity index (χ2n) is 9.83. The highest BCUT2D eigenvalue weighted by Crippen LogP contribution is 2.11. The molecule has 0 unspecified atom stereocenters. The van der Waals surface area contributed by atoms with E-state index in [0.29, 0.717) is 6.54 Å². The van der Waals surface area contributed by atoms with Gasteiger partial charge in [0.1, 0.15) is 6.54 Å². The van der Waals surface area contributed by atoms with Crippen molar-refractivity contribution in [2.75, 3.05) is 26.2 Å². The van der Waals surface area contributed by atoms with Crippen LogP contribution in [0, 0.1) is 0 Å². The summed E-state index contributed by atoms with van der Waals surface area (Å²) in [6, 6.07) is 0. The molecule has 0 bridgehead atoms. The average Bonchev–Trinajstić information content (AvgIpc) is 2.81. The molecule has 0 aliphatic rings. The SMILES string of the molecule is CCCCCCCCCCCC[NH+](CCCCCCCCCCCC)CC(O)O.O=C([O-])CO. The Bertz CT molecular complexity index is 369. The molecule has 0 atom stereocenters. The van der Waals surface area contributed by atoms with E-state index in [1.54, 1.807) is 0 Å². The van der Waals surface area contributed by atoms with Crippen molar-refractivity contribution in [2.45, 2.75) is 149 Å². The molecular weight excluding hydrogens is 430 g/mol. The van der Waals surface area contributed by atoms with E-state index in [9.17, 15) is 10.2 Å². The Morgan fingerprint density at radius 1 is 0.618 bits per heavy atom. The number of aliphatic carboxylic acids is 1. The minimum Gasteiger partial charge on any atom is -0.548 e. The van der Waals surface area contributed by atoms with E-state index >= 15 is 0 Å². The van der Waals surface area contributed by atoms with Crippen molar-refractivity contribution < 1.29 is 30.1 Å². The second-order valence-corrected chi connectivity index (χ2v) is 9.83. The first-order chi connectivity index (χ1) is 16.5. The second kappa shape index (κ2) is 30.3. The van der Waals surface area contributed by atoms with Crippen LogP contribution in [0.2, 0.25) is 0 Å². The van der Waals surface area contributed by atoms with E-state index in [2.05, 4.69) is 13.8 Å². The smallest absolute Gasteiger partial charge is 0.202 e. The van der Waals surface area contributed by atoms with Crippen LogP contribution in [0.4, 0.5) is 0 Å². The fraction of sp³-hybridized carbons (Fsp3) is 0.964. The molecule has 6 nitrogen and oxygen atoms in total. The minimum atomic E-state index is -1.44. The van der Waals surface area contributed by atoms with Gasteiger partial charge in [0.25, 0.3) is 0 Å². The molecule has 6 heteroatoms. The summed E-state index contributed by atoms with van der Waals surface area (Å²) in [5, 5.41) is 35.2. The number of hydrogen-bond donors (Lipinski definition) is 4. The average molecular weight is 490 g/mol. The molecule has 0 radical (unpaired) electrons. The minimum absolute atomic E-state index is 0.495. The van der Waals surface area contributed by atoms with Crippen LogP contribution in [-0.2, 0) is 4.79 Å². The predicted octanol–water partition coefficient (Wildman–Crippen LogP) is 3.75. The summed E-state index contributed by atoms with van der Waals surface area (Å²) in [7, 11) is 0. The number of aliphatic hydroxyl groups excluding tert-OH is 2. The summed E-state index contributed by atoms with van der Waals surface area (Å²) in [5.41, 5.74) is 0. The summed E-state index contributed by atoms with van der Waals surface area (Å²) in [6.45, 7) is 6.36. The highest BCUT2D eigenvalue weighted by molar-refractivity contribution is 5.65. The molecular formula is C28H59NO5. The first-order valence-electron chi connectivity index (χ1n) is 14.5. The predicted molar refractivity (Wildman–Crippen MR) is 140 cm³/mol. The molecule has 0 saturated carbocycles. The monoisotopic (exact) mass is 489 g/mol. The van der Waals surface area contributed by atoms with E-state index in [1.807, 2.05) is 0 Å². The lowest BCUT2D eigenvalue weighted by atomic mass is 10.1. The van der Waals surface area contributed by atoms with Crippen molar-refractivity contribution in [3.05, 3.63) is 0 Å². The third kappa shape index (κ3) is 33.5. The van der Waals surface area contributed by atoms with Crippen molar-refractivity contribution in [1.29, 1.82) is 0 Å². The van der Waals surface area contributed by atoms with E-state index in [0.717, 1.165) is 13.1 Å². The van der Waals surface area contributed by atoms with E-state index in [1.165, 1.54) is 133 Å². The van der Waals surface area contributed by atoms with Gasteiger partial charge in [-0.05, 0) is 25.7 Å². The lowest BCUT2D eigenvalue weighted by molar-refractivity contribution is -0.906. The van der Waals surface area contributed by atoms with Crippen LogP contribution in [0.3, 0.4) is 0 Å².